The molecule has 4 aromatic rings. The Kier molecular flexibility index (Phi) is 5.22. The Morgan fingerprint density at radius 1 is 1.22 bits per heavy atom. The number of hydrogen-bond acceptors (Lipinski definition) is 7. The van der Waals surface area contributed by atoms with Gasteiger partial charge in [-0.05, 0) is 36.4 Å². The fourth-order valence-electron chi connectivity index (χ4n) is 4.30. The average molecular weight is 432 g/mol. The zero-order valence-electron chi connectivity index (χ0n) is 17.5. The largest absolute Gasteiger partial charge is 0.508 e. The maximum Gasteiger partial charge on any atom is 0.219 e. The van der Waals surface area contributed by atoms with Crippen LogP contribution >= 0.6 is 0 Å². The van der Waals surface area contributed by atoms with E-state index < -0.39 is 0 Å². The molecule has 32 heavy (non-hydrogen) atoms. The van der Waals surface area contributed by atoms with Crippen molar-refractivity contribution in [3.63, 3.8) is 0 Å². The van der Waals surface area contributed by atoms with Gasteiger partial charge in [0.25, 0.3) is 0 Å². The maximum atomic E-state index is 11.2. The van der Waals surface area contributed by atoms with Crippen molar-refractivity contribution in [3.8, 4) is 11.5 Å². The summed E-state index contributed by atoms with van der Waals surface area (Å²) in [6.07, 6.45) is 5.44. The molecular formula is C23H24N6O3. The fraction of sp³-hybridized carbons (Fsp3) is 0.304. The first-order valence-corrected chi connectivity index (χ1v) is 10.7. The molecule has 1 aliphatic heterocycles. The molecular weight excluding hydrogens is 408 g/mol. The van der Waals surface area contributed by atoms with E-state index in [-0.39, 0.29) is 24.1 Å². The number of amides is 1. The highest BCUT2D eigenvalue weighted by atomic mass is 16.5. The van der Waals surface area contributed by atoms with Crippen LogP contribution in [0.4, 0.5) is 5.82 Å². The van der Waals surface area contributed by atoms with Crippen LogP contribution in [-0.4, -0.2) is 49.7 Å². The van der Waals surface area contributed by atoms with Gasteiger partial charge in [-0.1, -0.05) is 18.2 Å². The number of benzene rings is 2. The zero-order valence-corrected chi connectivity index (χ0v) is 17.5. The molecule has 2 aromatic carbocycles. The first-order chi connectivity index (χ1) is 15.6. The third-order valence-electron chi connectivity index (χ3n) is 5.89. The first-order valence-electron chi connectivity index (χ1n) is 10.7. The molecule has 0 radical (unpaired) electrons. The molecule has 5 rings (SSSR count). The number of aryl methyl sites for hydroxylation is 1. The van der Waals surface area contributed by atoms with Crippen LogP contribution in [0.3, 0.4) is 0 Å². The molecule has 0 bridgehead atoms. The molecule has 9 nitrogen and oxygen atoms in total. The third-order valence-corrected chi connectivity index (χ3v) is 5.89. The molecule has 9 heteroatoms. The van der Waals surface area contributed by atoms with E-state index in [9.17, 15) is 9.90 Å². The number of ether oxygens (including phenoxy) is 1. The number of phenols is 1. The number of anilines is 1. The Hall–Kier alpha value is -3.88. The van der Waals surface area contributed by atoms with Gasteiger partial charge >= 0.3 is 0 Å². The second-order valence-corrected chi connectivity index (χ2v) is 7.99. The van der Waals surface area contributed by atoms with Crippen molar-refractivity contribution in [1.82, 2.24) is 19.5 Å². The van der Waals surface area contributed by atoms with Crippen molar-refractivity contribution < 1.29 is 14.6 Å². The lowest BCUT2D eigenvalue weighted by molar-refractivity contribution is -0.118. The highest BCUT2D eigenvalue weighted by molar-refractivity contribution is 5.89. The summed E-state index contributed by atoms with van der Waals surface area (Å²) in [5, 5.41) is 11.8. The lowest BCUT2D eigenvalue weighted by Crippen LogP contribution is -2.35. The number of carbonyl (C=O) groups excluding carboxylic acids is 1. The van der Waals surface area contributed by atoms with E-state index >= 15 is 0 Å². The van der Waals surface area contributed by atoms with Gasteiger partial charge in [0, 0.05) is 24.9 Å². The van der Waals surface area contributed by atoms with Crippen LogP contribution in [0.1, 0.15) is 19.3 Å². The number of fused-ring (bicyclic) bond motifs is 2. The summed E-state index contributed by atoms with van der Waals surface area (Å²) < 4.78 is 8.05. The van der Waals surface area contributed by atoms with Crippen LogP contribution in [0.5, 0.6) is 11.5 Å². The van der Waals surface area contributed by atoms with Crippen molar-refractivity contribution in [2.75, 3.05) is 18.1 Å². The van der Waals surface area contributed by atoms with Gasteiger partial charge in [-0.25, -0.2) is 15.0 Å². The Morgan fingerprint density at radius 2 is 2.12 bits per heavy atom. The van der Waals surface area contributed by atoms with Gasteiger partial charge in [0.1, 0.15) is 24.4 Å². The van der Waals surface area contributed by atoms with E-state index in [1.54, 1.807) is 18.5 Å². The minimum atomic E-state index is -0.361. The van der Waals surface area contributed by atoms with E-state index in [4.69, 9.17) is 10.5 Å². The number of hydrogen-bond donors (Lipinski definition) is 2. The molecule has 0 spiro atoms. The van der Waals surface area contributed by atoms with Gasteiger partial charge in [0.15, 0.2) is 17.0 Å². The molecule has 1 atom stereocenters. The van der Waals surface area contributed by atoms with Crippen LogP contribution in [0, 0.1) is 0 Å². The van der Waals surface area contributed by atoms with Crippen molar-refractivity contribution >= 4 is 33.7 Å². The average Bonchev–Trinajstić information content (AvgIpc) is 3.43. The number of imidazole rings is 1. The van der Waals surface area contributed by atoms with Crippen LogP contribution in [0.25, 0.3) is 21.9 Å². The van der Waals surface area contributed by atoms with Crippen LogP contribution in [0.15, 0.2) is 49.1 Å². The van der Waals surface area contributed by atoms with Crippen molar-refractivity contribution in [2.45, 2.75) is 31.8 Å². The number of phenolic OH excluding ortho intramolecular Hbond substituents is 1. The van der Waals surface area contributed by atoms with Crippen molar-refractivity contribution in [3.05, 3.63) is 49.1 Å². The number of carbonyl (C=O) groups is 1. The Labute approximate surface area is 184 Å². The summed E-state index contributed by atoms with van der Waals surface area (Å²) in [7, 11) is 0. The van der Waals surface area contributed by atoms with E-state index in [0.717, 1.165) is 41.7 Å². The molecule has 3 N–H and O–H groups in total. The molecule has 1 saturated heterocycles. The summed E-state index contributed by atoms with van der Waals surface area (Å²) in [5.41, 5.74) is 6.68. The monoisotopic (exact) mass is 432 g/mol. The first kappa shape index (κ1) is 20.0. The van der Waals surface area contributed by atoms with Gasteiger partial charge in [-0.2, -0.15) is 0 Å². The Morgan fingerprint density at radius 3 is 3.00 bits per heavy atom. The quantitative estimate of drug-likeness (QED) is 0.461. The minimum absolute atomic E-state index is 0.136. The van der Waals surface area contributed by atoms with E-state index in [0.29, 0.717) is 24.3 Å². The maximum absolute atomic E-state index is 11.2. The van der Waals surface area contributed by atoms with Crippen molar-refractivity contribution in [2.24, 2.45) is 5.73 Å². The Balaban J connectivity index is 1.38. The molecule has 3 heterocycles. The molecule has 0 aliphatic carbocycles. The SMILES string of the molecule is NC(=O)CCn1cnc2c(N3CCC[C@@H]3COc3cccc4ccc(O)cc34)ncnc21. The predicted molar refractivity (Wildman–Crippen MR) is 121 cm³/mol. The molecule has 164 valence electrons. The molecule has 1 amide bonds. The smallest absolute Gasteiger partial charge is 0.219 e. The fourth-order valence-corrected chi connectivity index (χ4v) is 4.30. The van der Waals surface area contributed by atoms with E-state index in [1.165, 1.54) is 6.33 Å². The number of nitrogens with two attached hydrogens (primary N) is 1. The standard InChI is InChI=1S/C23H24N6O3/c24-20(31)8-10-28-14-27-21-22(28)25-13-26-23(21)29-9-2-4-16(29)12-32-19-5-1-3-15-6-7-17(30)11-18(15)19/h1,3,5-7,11,13-14,16,30H,2,4,8-10,12H2,(H2,24,31)/t16-/m1/s1. The Bertz CT molecular complexity index is 1290. The van der Waals surface area contributed by atoms with Gasteiger partial charge in [0.2, 0.25) is 5.91 Å². The molecule has 0 unspecified atom stereocenters. The van der Waals surface area contributed by atoms with Crippen LogP contribution in [0.2, 0.25) is 0 Å². The number of aromatic hydroxyl groups is 1. The highest BCUT2D eigenvalue weighted by Gasteiger charge is 2.29. The molecule has 2 aromatic heterocycles. The normalized spacial score (nSPS) is 16.1. The summed E-state index contributed by atoms with van der Waals surface area (Å²) in [6.45, 7) is 1.77. The van der Waals surface area contributed by atoms with Gasteiger partial charge in [-0.3, -0.25) is 4.79 Å². The molecule has 1 fully saturated rings. The van der Waals surface area contributed by atoms with Gasteiger partial charge in [0.05, 0.1) is 12.4 Å². The highest BCUT2D eigenvalue weighted by Crippen LogP contribution is 2.32. The second kappa shape index (κ2) is 8.33. The number of aromatic nitrogens is 4. The topological polar surface area (TPSA) is 119 Å². The second-order valence-electron chi connectivity index (χ2n) is 7.99. The minimum Gasteiger partial charge on any atom is -0.508 e. The van der Waals surface area contributed by atoms with Crippen molar-refractivity contribution in [1.29, 1.82) is 0 Å². The summed E-state index contributed by atoms with van der Waals surface area (Å²) in [4.78, 5) is 26.8. The molecule has 0 saturated carbocycles. The van der Waals surface area contributed by atoms with Gasteiger partial charge < -0.3 is 25.0 Å². The third kappa shape index (κ3) is 3.77. The number of rotatable bonds is 7. The van der Waals surface area contributed by atoms with E-state index in [1.807, 2.05) is 28.8 Å². The molecule has 1 aliphatic rings. The van der Waals surface area contributed by atoms with Crippen LogP contribution in [-0.2, 0) is 11.3 Å². The lowest BCUT2D eigenvalue weighted by atomic mass is 10.1. The zero-order chi connectivity index (χ0) is 22.1. The van der Waals surface area contributed by atoms with E-state index in [2.05, 4.69) is 19.9 Å². The predicted octanol–water partition coefficient (Wildman–Crippen LogP) is 2.61. The van der Waals surface area contributed by atoms with Gasteiger partial charge in [-0.15, -0.1) is 0 Å². The number of primary amides is 1. The van der Waals surface area contributed by atoms with Crippen LogP contribution < -0.4 is 15.4 Å². The lowest BCUT2D eigenvalue weighted by Gasteiger charge is -2.26. The number of nitrogens with zero attached hydrogens (tertiary/aromatic N) is 5. The summed E-state index contributed by atoms with van der Waals surface area (Å²) in [6, 6.07) is 11.3. The summed E-state index contributed by atoms with van der Waals surface area (Å²) >= 11 is 0. The summed E-state index contributed by atoms with van der Waals surface area (Å²) in [5.74, 6) is 1.37.